The van der Waals surface area contributed by atoms with Gasteiger partial charge in [0.05, 0.1) is 0 Å². The fourth-order valence-corrected chi connectivity index (χ4v) is 2.75. The molecule has 0 spiro atoms. The minimum atomic E-state index is -0.110. The van der Waals surface area contributed by atoms with Crippen LogP contribution in [0.25, 0.3) is 0 Å². The summed E-state index contributed by atoms with van der Waals surface area (Å²) < 4.78 is 0. The van der Waals surface area contributed by atoms with E-state index in [1.165, 1.54) is 11.3 Å². The van der Waals surface area contributed by atoms with Crippen molar-refractivity contribution in [3.63, 3.8) is 0 Å². The highest BCUT2D eigenvalue weighted by Gasteiger charge is 2.22. The second-order valence-corrected chi connectivity index (χ2v) is 5.53. The highest BCUT2D eigenvalue weighted by molar-refractivity contribution is 7.18. The van der Waals surface area contributed by atoms with Crippen molar-refractivity contribution in [3.05, 3.63) is 4.88 Å². The molecular formula is C11H19N5OS. The maximum Gasteiger partial charge on any atom is 0.265 e. The lowest BCUT2D eigenvalue weighted by Crippen LogP contribution is -2.43. The summed E-state index contributed by atoms with van der Waals surface area (Å²) in [5.74, 6) is 0.191. The van der Waals surface area contributed by atoms with Crippen molar-refractivity contribution in [2.45, 2.75) is 18.9 Å². The Morgan fingerprint density at radius 2 is 2.17 bits per heavy atom. The molecule has 2 rings (SSSR count). The third-order valence-corrected chi connectivity index (χ3v) is 4.21. The first-order valence-corrected chi connectivity index (χ1v) is 6.85. The van der Waals surface area contributed by atoms with Crippen molar-refractivity contribution in [1.82, 2.24) is 15.2 Å². The summed E-state index contributed by atoms with van der Waals surface area (Å²) in [6.45, 7) is 2.04. The predicted octanol–water partition coefficient (Wildman–Crippen LogP) is 0.591. The number of hydrogen-bond donors (Lipinski definition) is 3. The quantitative estimate of drug-likeness (QED) is 0.748. The van der Waals surface area contributed by atoms with Crippen molar-refractivity contribution < 1.29 is 4.79 Å². The maximum absolute atomic E-state index is 12.1. The molecule has 7 heteroatoms. The van der Waals surface area contributed by atoms with Gasteiger partial charge in [0.25, 0.3) is 5.91 Å². The Hall–Kier alpha value is -1.34. The fraction of sp³-hybridized carbons (Fsp3) is 0.636. The number of rotatable bonds is 3. The summed E-state index contributed by atoms with van der Waals surface area (Å²) in [5, 5.41) is 6.59. The minimum absolute atomic E-state index is 0.110. The third-order valence-electron chi connectivity index (χ3n) is 3.13. The Morgan fingerprint density at radius 3 is 2.72 bits per heavy atom. The standard InChI is InChI=1S/C11H19N5OS/c1-13-11-15-9(12)8(18-11)10(17)14-7-3-5-16(2)6-4-7/h7H,3-6,12H2,1-2H3,(H,13,15)(H,14,17). The molecule has 1 saturated heterocycles. The van der Waals surface area contributed by atoms with Gasteiger partial charge in [-0.2, -0.15) is 0 Å². The van der Waals surface area contributed by atoms with Gasteiger partial charge in [0.1, 0.15) is 10.7 Å². The van der Waals surface area contributed by atoms with E-state index in [1.54, 1.807) is 7.05 Å². The number of piperidine rings is 1. The van der Waals surface area contributed by atoms with Crippen LogP contribution in [0.3, 0.4) is 0 Å². The molecule has 4 N–H and O–H groups in total. The number of nitrogens with two attached hydrogens (primary N) is 1. The molecule has 6 nitrogen and oxygen atoms in total. The molecular weight excluding hydrogens is 250 g/mol. The van der Waals surface area contributed by atoms with Crippen molar-refractivity contribution in [2.24, 2.45) is 0 Å². The first-order chi connectivity index (χ1) is 8.60. The molecule has 0 bridgehead atoms. The largest absolute Gasteiger partial charge is 0.382 e. The van der Waals surface area contributed by atoms with Gasteiger partial charge < -0.3 is 21.3 Å². The van der Waals surface area contributed by atoms with Gasteiger partial charge in [0, 0.05) is 13.1 Å². The number of hydrogen-bond acceptors (Lipinski definition) is 6. The summed E-state index contributed by atoms with van der Waals surface area (Å²) in [4.78, 5) is 18.9. The Morgan fingerprint density at radius 1 is 1.50 bits per heavy atom. The molecule has 1 aromatic heterocycles. The zero-order valence-electron chi connectivity index (χ0n) is 10.7. The fourth-order valence-electron chi connectivity index (χ4n) is 2.01. The normalized spacial score (nSPS) is 17.7. The topological polar surface area (TPSA) is 83.3 Å². The van der Waals surface area contributed by atoms with Crippen LogP contribution in [0.15, 0.2) is 0 Å². The number of thiazole rings is 1. The lowest BCUT2D eigenvalue weighted by molar-refractivity contribution is 0.0921. The average Bonchev–Trinajstić information content (AvgIpc) is 2.73. The number of aromatic nitrogens is 1. The summed E-state index contributed by atoms with van der Waals surface area (Å²) in [6, 6.07) is 0.244. The van der Waals surface area contributed by atoms with Crippen LogP contribution in [0.1, 0.15) is 22.5 Å². The summed E-state index contributed by atoms with van der Waals surface area (Å²) in [5.41, 5.74) is 5.74. The Kier molecular flexibility index (Phi) is 4.03. The maximum atomic E-state index is 12.1. The van der Waals surface area contributed by atoms with Crippen LogP contribution >= 0.6 is 11.3 Å². The van der Waals surface area contributed by atoms with E-state index in [0.717, 1.165) is 25.9 Å². The van der Waals surface area contributed by atoms with E-state index in [0.29, 0.717) is 15.8 Å². The van der Waals surface area contributed by atoms with Crippen LogP contribution in [0.5, 0.6) is 0 Å². The van der Waals surface area contributed by atoms with Gasteiger partial charge in [-0.05, 0) is 33.0 Å². The smallest absolute Gasteiger partial charge is 0.265 e. The van der Waals surface area contributed by atoms with Crippen LogP contribution in [-0.4, -0.2) is 49.0 Å². The highest BCUT2D eigenvalue weighted by atomic mass is 32.1. The van der Waals surface area contributed by atoms with E-state index < -0.39 is 0 Å². The molecule has 1 aliphatic heterocycles. The van der Waals surface area contributed by atoms with Gasteiger partial charge in [0.15, 0.2) is 5.13 Å². The third kappa shape index (κ3) is 2.91. The number of anilines is 2. The molecule has 1 aromatic rings. The lowest BCUT2D eigenvalue weighted by Gasteiger charge is -2.29. The van der Waals surface area contributed by atoms with Crippen LogP contribution in [0.4, 0.5) is 10.9 Å². The van der Waals surface area contributed by atoms with Gasteiger partial charge >= 0.3 is 0 Å². The second kappa shape index (κ2) is 5.53. The number of carbonyl (C=O) groups excluding carboxylic acids is 1. The number of nitrogens with zero attached hydrogens (tertiary/aromatic N) is 2. The van der Waals surface area contributed by atoms with E-state index in [-0.39, 0.29) is 11.9 Å². The van der Waals surface area contributed by atoms with Crippen LogP contribution < -0.4 is 16.4 Å². The van der Waals surface area contributed by atoms with E-state index >= 15 is 0 Å². The van der Waals surface area contributed by atoms with Crippen molar-refractivity contribution in [3.8, 4) is 0 Å². The average molecular weight is 269 g/mol. The van der Waals surface area contributed by atoms with Gasteiger partial charge in [-0.15, -0.1) is 0 Å². The van der Waals surface area contributed by atoms with Crippen molar-refractivity contribution in [1.29, 1.82) is 0 Å². The van der Waals surface area contributed by atoms with E-state index in [2.05, 4.69) is 27.6 Å². The number of likely N-dealkylation sites (tertiary alicyclic amines) is 1. The molecule has 0 unspecified atom stereocenters. The second-order valence-electron chi connectivity index (χ2n) is 4.53. The number of carbonyl (C=O) groups is 1. The molecule has 1 aliphatic rings. The molecule has 0 radical (unpaired) electrons. The zero-order valence-corrected chi connectivity index (χ0v) is 11.5. The first kappa shape index (κ1) is 13.1. The van der Waals surface area contributed by atoms with Gasteiger partial charge in [-0.1, -0.05) is 11.3 Å². The lowest BCUT2D eigenvalue weighted by atomic mass is 10.1. The van der Waals surface area contributed by atoms with Crippen LogP contribution in [0, 0.1) is 0 Å². The van der Waals surface area contributed by atoms with Crippen molar-refractivity contribution in [2.75, 3.05) is 38.2 Å². The Balaban J connectivity index is 1.96. The van der Waals surface area contributed by atoms with Gasteiger partial charge in [0.2, 0.25) is 0 Å². The predicted molar refractivity (Wildman–Crippen MR) is 74.1 cm³/mol. The van der Waals surface area contributed by atoms with Crippen LogP contribution in [-0.2, 0) is 0 Å². The number of nitrogens with one attached hydrogen (secondary N) is 2. The molecule has 1 fully saturated rings. The molecule has 0 saturated carbocycles. The monoisotopic (exact) mass is 269 g/mol. The molecule has 0 aliphatic carbocycles. The molecule has 1 amide bonds. The van der Waals surface area contributed by atoms with E-state index in [4.69, 9.17) is 5.73 Å². The highest BCUT2D eigenvalue weighted by Crippen LogP contribution is 2.24. The first-order valence-electron chi connectivity index (χ1n) is 6.03. The molecule has 100 valence electrons. The zero-order chi connectivity index (χ0) is 13.1. The van der Waals surface area contributed by atoms with E-state index in [1.807, 2.05) is 0 Å². The van der Waals surface area contributed by atoms with Gasteiger partial charge in [-0.3, -0.25) is 4.79 Å². The minimum Gasteiger partial charge on any atom is -0.382 e. The Labute approximate surface area is 111 Å². The van der Waals surface area contributed by atoms with Gasteiger partial charge in [-0.25, -0.2) is 4.98 Å². The number of nitrogen functional groups attached to an aromatic ring is 1. The number of amides is 1. The summed E-state index contributed by atoms with van der Waals surface area (Å²) >= 11 is 1.29. The Bertz CT molecular complexity index is 425. The van der Waals surface area contributed by atoms with E-state index in [9.17, 15) is 4.79 Å². The summed E-state index contributed by atoms with van der Waals surface area (Å²) in [7, 11) is 3.86. The molecule has 2 heterocycles. The molecule has 0 aromatic carbocycles. The van der Waals surface area contributed by atoms with Crippen molar-refractivity contribution >= 4 is 28.2 Å². The SMILES string of the molecule is CNc1nc(N)c(C(=O)NC2CCN(C)CC2)s1. The molecule has 18 heavy (non-hydrogen) atoms. The molecule has 0 atom stereocenters. The summed E-state index contributed by atoms with van der Waals surface area (Å²) in [6.07, 6.45) is 1.97. The van der Waals surface area contributed by atoms with Crippen LogP contribution in [0.2, 0.25) is 0 Å².